The van der Waals surface area contributed by atoms with E-state index in [4.69, 9.17) is 9.84 Å². The number of cyclic esters (lactones) is 1. The molecular weight excluding hydrogens is 276 g/mol. The molecule has 1 saturated heterocycles. The van der Waals surface area contributed by atoms with E-state index >= 15 is 0 Å². The fourth-order valence-corrected chi connectivity index (χ4v) is 2.90. The van der Waals surface area contributed by atoms with Crippen molar-refractivity contribution in [2.75, 3.05) is 23.0 Å². The number of aliphatic hydroxyl groups is 1. The second-order valence-electron chi connectivity index (χ2n) is 5.32. The van der Waals surface area contributed by atoms with Crippen LogP contribution >= 0.6 is 0 Å². The number of aliphatic hydroxyl groups excluding tert-OH is 1. The third-order valence-corrected chi connectivity index (χ3v) is 3.87. The van der Waals surface area contributed by atoms with Crippen LogP contribution in [0.2, 0.25) is 0 Å². The number of fused-ring (bicyclic) bond motifs is 1. The molecule has 2 aliphatic heterocycles. The van der Waals surface area contributed by atoms with Gasteiger partial charge >= 0.3 is 12.2 Å². The van der Waals surface area contributed by atoms with Crippen molar-refractivity contribution < 1.29 is 24.5 Å². The van der Waals surface area contributed by atoms with Crippen LogP contribution in [0.15, 0.2) is 18.2 Å². The van der Waals surface area contributed by atoms with Gasteiger partial charge in [-0.15, -0.1) is 0 Å². The topological polar surface area (TPSA) is 90.3 Å². The molecule has 0 bridgehead atoms. The van der Waals surface area contributed by atoms with Gasteiger partial charge in [-0.1, -0.05) is 0 Å². The number of benzene rings is 1. The molecule has 2 atom stereocenters. The average molecular weight is 292 g/mol. The van der Waals surface area contributed by atoms with Crippen LogP contribution in [-0.2, 0) is 11.2 Å². The molecular formula is C14H16N2O5. The number of nitrogens with zero attached hydrogens (tertiary/aromatic N) is 2. The average Bonchev–Trinajstić information content (AvgIpc) is 2.96. The molecule has 0 saturated carbocycles. The Bertz CT molecular complexity index is 603. The van der Waals surface area contributed by atoms with Gasteiger partial charge in [0.1, 0.15) is 6.10 Å². The van der Waals surface area contributed by atoms with Crippen molar-refractivity contribution in [3.63, 3.8) is 0 Å². The van der Waals surface area contributed by atoms with Crippen molar-refractivity contribution in [3.05, 3.63) is 23.8 Å². The fraction of sp³-hybridized carbons (Fsp3) is 0.429. The van der Waals surface area contributed by atoms with Crippen molar-refractivity contribution in [2.45, 2.75) is 25.5 Å². The summed E-state index contributed by atoms with van der Waals surface area (Å²) in [7, 11) is 0. The molecule has 3 rings (SSSR count). The summed E-state index contributed by atoms with van der Waals surface area (Å²) in [4.78, 5) is 25.8. The first-order valence-corrected chi connectivity index (χ1v) is 6.75. The lowest BCUT2D eigenvalue weighted by Gasteiger charge is -2.19. The Morgan fingerprint density at radius 3 is 2.86 bits per heavy atom. The maximum Gasteiger partial charge on any atom is 0.414 e. The number of amides is 2. The van der Waals surface area contributed by atoms with Crippen molar-refractivity contribution >= 4 is 23.6 Å². The van der Waals surface area contributed by atoms with E-state index in [2.05, 4.69) is 0 Å². The van der Waals surface area contributed by atoms with Crippen molar-refractivity contribution in [1.82, 2.24) is 0 Å². The van der Waals surface area contributed by atoms with E-state index in [1.54, 1.807) is 12.1 Å². The Morgan fingerprint density at radius 1 is 1.48 bits per heavy atom. The van der Waals surface area contributed by atoms with Gasteiger partial charge in [-0.05, 0) is 37.1 Å². The highest BCUT2D eigenvalue weighted by Crippen LogP contribution is 2.35. The molecule has 1 aromatic rings. The second kappa shape index (κ2) is 4.92. The summed E-state index contributed by atoms with van der Waals surface area (Å²) < 4.78 is 5.01. The van der Waals surface area contributed by atoms with Crippen LogP contribution in [0.4, 0.5) is 21.0 Å². The summed E-state index contributed by atoms with van der Waals surface area (Å²) in [5, 5.41) is 18.3. The Labute approximate surface area is 121 Å². The normalized spacial score (nSPS) is 24.2. The lowest BCUT2D eigenvalue weighted by molar-refractivity contribution is 0.0963. The van der Waals surface area contributed by atoms with E-state index in [1.165, 1.54) is 9.80 Å². The molecule has 0 unspecified atom stereocenters. The Hall–Kier alpha value is -2.28. The molecule has 1 aromatic carbocycles. The lowest BCUT2D eigenvalue weighted by atomic mass is 10.1. The van der Waals surface area contributed by atoms with Gasteiger partial charge in [0.05, 0.1) is 18.8 Å². The molecule has 2 aliphatic rings. The van der Waals surface area contributed by atoms with E-state index in [-0.39, 0.29) is 12.6 Å². The van der Waals surface area contributed by atoms with E-state index in [1.807, 2.05) is 13.0 Å². The number of carbonyl (C=O) groups is 2. The number of ether oxygens (including phenoxy) is 1. The van der Waals surface area contributed by atoms with E-state index < -0.39 is 18.3 Å². The first kappa shape index (κ1) is 13.7. The largest absolute Gasteiger partial charge is 0.465 e. The highest BCUT2D eigenvalue weighted by molar-refractivity contribution is 5.93. The van der Waals surface area contributed by atoms with E-state index in [0.717, 1.165) is 5.56 Å². The number of carboxylic acid groups (broad SMARTS) is 1. The van der Waals surface area contributed by atoms with Crippen LogP contribution in [0, 0.1) is 0 Å². The molecule has 21 heavy (non-hydrogen) atoms. The zero-order valence-corrected chi connectivity index (χ0v) is 11.5. The number of rotatable bonds is 2. The van der Waals surface area contributed by atoms with Crippen LogP contribution in [0.25, 0.3) is 0 Å². The zero-order chi connectivity index (χ0) is 15.1. The predicted octanol–water partition coefficient (Wildman–Crippen LogP) is 1.43. The van der Waals surface area contributed by atoms with Crippen LogP contribution in [0.1, 0.15) is 12.5 Å². The number of anilines is 2. The third kappa shape index (κ3) is 2.19. The molecule has 0 radical (unpaired) electrons. The Morgan fingerprint density at radius 2 is 2.24 bits per heavy atom. The van der Waals surface area contributed by atoms with Crippen LogP contribution < -0.4 is 9.80 Å². The highest BCUT2D eigenvalue weighted by atomic mass is 16.6. The van der Waals surface area contributed by atoms with Crippen molar-refractivity contribution in [3.8, 4) is 0 Å². The molecule has 112 valence electrons. The monoisotopic (exact) mass is 292 g/mol. The summed E-state index contributed by atoms with van der Waals surface area (Å²) >= 11 is 0. The van der Waals surface area contributed by atoms with Gasteiger partial charge in [-0.2, -0.15) is 0 Å². The zero-order valence-electron chi connectivity index (χ0n) is 11.5. The van der Waals surface area contributed by atoms with Gasteiger partial charge in [0, 0.05) is 11.7 Å². The Balaban J connectivity index is 1.90. The third-order valence-electron chi connectivity index (χ3n) is 3.87. The fourth-order valence-electron chi connectivity index (χ4n) is 2.90. The molecule has 0 aliphatic carbocycles. The maximum absolute atomic E-state index is 11.8. The Kier molecular flexibility index (Phi) is 3.21. The smallest absolute Gasteiger partial charge is 0.414 e. The number of carbonyl (C=O) groups excluding carboxylic acids is 1. The van der Waals surface area contributed by atoms with Gasteiger partial charge in [-0.25, -0.2) is 9.59 Å². The molecule has 2 N–H and O–H groups in total. The number of hydrogen-bond donors (Lipinski definition) is 2. The van der Waals surface area contributed by atoms with Gasteiger partial charge in [0.25, 0.3) is 0 Å². The quantitative estimate of drug-likeness (QED) is 0.860. The first-order chi connectivity index (χ1) is 10.0. The molecule has 0 aromatic heterocycles. The minimum absolute atomic E-state index is 0.122. The highest BCUT2D eigenvalue weighted by Gasteiger charge is 2.35. The van der Waals surface area contributed by atoms with Crippen LogP contribution in [0.3, 0.4) is 0 Å². The van der Waals surface area contributed by atoms with Gasteiger partial charge in [0.15, 0.2) is 0 Å². The molecule has 1 fully saturated rings. The first-order valence-electron chi connectivity index (χ1n) is 6.75. The second-order valence-corrected chi connectivity index (χ2v) is 5.32. The lowest BCUT2D eigenvalue weighted by Crippen LogP contribution is -2.34. The van der Waals surface area contributed by atoms with Gasteiger partial charge < -0.3 is 14.9 Å². The van der Waals surface area contributed by atoms with Crippen LogP contribution in [-0.4, -0.2) is 47.7 Å². The minimum atomic E-state index is -0.977. The summed E-state index contributed by atoms with van der Waals surface area (Å²) in [5.41, 5.74) is 2.21. The van der Waals surface area contributed by atoms with Gasteiger partial charge in [-0.3, -0.25) is 9.80 Å². The molecule has 0 spiro atoms. The predicted molar refractivity (Wildman–Crippen MR) is 74.8 cm³/mol. The molecule has 7 nitrogen and oxygen atoms in total. The van der Waals surface area contributed by atoms with Crippen molar-refractivity contribution in [2.24, 2.45) is 0 Å². The summed E-state index contributed by atoms with van der Waals surface area (Å²) in [6, 6.07) is 5.11. The summed E-state index contributed by atoms with van der Waals surface area (Å²) in [6.07, 6.45) is -1.37. The van der Waals surface area contributed by atoms with E-state index in [0.29, 0.717) is 24.3 Å². The molecule has 2 heterocycles. The van der Waals surface area contributed by atoms with Crippen LogP contribution in [0.5, 0.6) is 0 Å². The molecule has 2 amide bonds. The van der Waals surface area contributed by atoms with Gasteiger partial charge in [0.2, 0.25) is 0 Å². The summed E-state index contributed by atoms with van der Waals surface area (Å²) in [5.74, 6) is 0. The van der Waals surface area contributed by atoms with Crippen molar-refractivity contribution in [1.29, 1.82) is 0 Å². The molecule has 7 heteroatoms. The standard InChI is InChI=1S/C14H16N2O5/c1-8-4-9-5-10(2-3-12(9)16(8)13(18)19)15-6-11(7-17)21-14(15)20/h2-3,5,8,11,17H,4,6-7H2,1H3,(H,18,19)/t8-,11+/m1/s1. The maximum atomic E-state index is 11.8. The van der Waals surface area contributed by atoms with E-state index in [9.17, 15) is 14.7 Å². The summed E-state index contributed by atoms with van der Waals surface area (Å²) in [6.45, 7) is 1.93. The minimum Gasteiger partial charge on any atom is -0.465 e. The number of hydrogen-bond acceptors (Lipinski definition) is 4. The SMILES string of the molecule is C[C@@H]1Cc2cc(N3C[C@@H](CO)OC3=O)ccc2N1C(=O)O.